The molecule has 1 aromatic rings. The zero-order valence-electron chi connectivity index (χ0n) is 13.6. The predicted molar refractivity (Wildman–Crippen MR) is 95.0 cm³/mol. The Balaban J connectivity index is 1.96. The van der Waals surface area contributed by atoms with Crippen LogP contribution >= 0.6 is 15.9 Å². The molecule has 2 fully saturated rings. The summed E-state index contributed by atoms with van der Waals surface area (Å²) < 4.78 is 0.705. The summed E-state index contributed by atoms with van der Waals surface area (Å²) in [5, 5.41) is 25.2. The second-order valence-corrected chi connectivity index (χ2v) is 8.47. The molecule has 0 saturated heterocycles. The van der Waals surface area contributed by atoms with Crippen LogP contribution < -0.4 is 0 Å². The number of aromatic hydroxyl groups is 1. The Morgan fingerprint density at radius 1 is 1.54 bits per heavy atom. The molecule has 1 aromatic carbocycles. The van der Waals surface area contributed by atoms with Crippen LogP contribution in [0.25, 0.3) is 10.4 Å². The van der Waals surface area contributed by atoms with Crippen LogP contribution in [0, 0.1) is 12.3 Å². The molecule has 6 heteroatoms. The molecule has 24 heavy (non-hydrogen) atoms. The van der Waals surface area contributed by atoms with Gasteiger partial charge in [-0.3, -0.25) is 0 Å². The van der Waals surface area contributed by atoms with E-state index < -0.39 is 5.60 Å². The summed E-state index contributed by atoms with van der Waals surface area (Å²) in [6, 6.07) is 2.02. The molecule has 0 unspecified atom stereocenters. The summed E-state index contributed by atoms with van der Waals surface area (Å²) in [6.07, 6.45) is 3.04. The standard InChI is InChI=1S/C18H20BrN3O2/c1-9-6-17-8-18(9,24)4-3-12(17)11-5-14(19)16(23)10(2)15(11)13(17)7-21-22-20/h5,12-13,23-24H,1,3-4,6-8H2,2H3/t12-,13-,17-,18-/m0/s1. The van der Waals surface area contributed by atoms with Crippen LogP contribution in [0.2, 0.25) is 0 Å². The number of fused-ring (bicyclic) bond motifs is 3. The molecule has 2 N–H and O–H groups in total. The van der Waals surface area contributed by atoms with E-state index in [1.54, 1.807) is 0 Å². The first-order valence-corrected chi connectivity index (χ1v) is 9.07. The maximum absolute atomic E-state index is 11.0. The van der Waals surface area contributed by atoms with Crippen LogP contribution in [-0.2, 0) is 0 Å². The molecule has 0 amide bonds. The van der Waals surface area contributed by atoms with Gasteiger partial charge in [0.15, 0.2) is 0 Å². The first-order chi connectivity index (χ1) is 11.3. The Morgan fingerprint density at radius 3 is 3.00 bits per heavy atom. The van der Waals surface area contributed by atoms with E-state index >= 15 is 0 Å². The number of hydrogen-bond donors (Lipinski definition) is 2. The maximum Gasteiger partial charge on any atom is 0.132 e. The van der Waals surface area contributed by atoms with Gasteiger partial charge in [0, 0.05) is 11.5 Å². The van der Waals surface area contributed by atoms with E-state index in [-0.39, 0.29) is 17.1 Å². The summed E-state index contributed by atoms with van der Waals surface area (Å²) in [5.74, 6) is 0.571. The Bertz CT molecular complexity index is 817. The highest BCUT2D eigenvalue weighted by atomic mass is 79.9. The fourth-order valence-electron chi connectivity index (χ4n) is 5.67. The van der Waals surface area contributed by atoms with Crippen molar-refractivity contribution in [1.82, 2.24) is 0 Å². The van der Waals surface area contributed by atoms with Crippen molar-refractivity contribution in [1.29, 1.82) is 0 Å². The third-order valence-electron chi connectivity index (χ3n) is 6.69. The van der Waals surface area contributed by atoms with Crippen molar-refractivity contribution in [3.63, 3.8) is 0 Å². The number of benzene rings is 1. The van der Waals surface area contributed by atoms with Gasteiger partial charge in [-0.2, -0.15) is 0 Å². The highest BCUT2D eigenvalue weighted by molar-refractivity contribution is 9.10. The highest BCUT2D eigenvalue weighted by Gasteiger charge is 2.64. The summed E-state index contributed by atoms with van der Waals surface area (Å²) >= 11 is 3.46. The van der Waals surface area contributed by atoms with Crippen LogP contribution in [0.1, 0.15) is 54.2 Å². The first kappa shape index (κ1) is 16.0. The lowest BCUT2D eigenvalue weighted by Crippen LogP contribution is -2.38. The fraction of sp³-hybridized carbons (Fsp3) is 0.556. The van der Waals surface area contributed by atoms with Crippen molar-refractivity contribution in [2.75, 3.05) is 6.54 Å². The molecule has 3 aliphatic rings. The zero-order valence-corrected chi connectivity index (χ0v) is 15.2. The van der Waals surface area contributed by atoms with Crippen molar-refractivity contribution in [3.05, 3.63) is 49.8 Å². The van der Waals surface area contributed by atoms with Gasteiger partial charge in [-0.1, -0.05) is 11.7 Å². The summed E-state index contributed by atoms with van der Waals surface area (Å²) in [5.41, 5.74) is 12.0. The van der Waals surface area contributed by atoms with Gasteiger partial charge < -0.3 is 10.2 Å². The molecular weight excluding hydrogens is 370 g/mol. The molecule has 126 valence electrons. The molecule has 0 radical (unpaired) electrons. The number of halogens is 1. The van der Waals surface area contributed by atoms with E-state index in [0.29, 0.717) is 23.4 Å². The van der Waals surface area contributed by atoms with Crippen molar-refractivity contribution >= 4 is 15.9 Å². The molecule has 0 aliphatic heterocycles. The van der Waals surface area contributed by atoms with E-state index in [2.05, 4.69) is 32.5 Å². The predicted octanol–water partition coefficient (Wildman–Crippen LogP) is 4.82. The minimum atomic E-state index is -0.791. The van der Waals surface area contributed by atoms with Gasteiger partial charge in [0.25, 0.3) is 0 Å². The van der Waals surface area contributed by atoms with E-state index in [1.165, 1.54) is 5.56 Å². The van der Waals surface area contributed by atoms with Crippen LogP contribution in [0.5, 0.6) is 5.75 Å². The Hall–Kier alpha value is -1.49. The van der Waals surface area contributed by atoms with Gasteiger partial charge >= 0.3 is 0 Å². The molecule has 1 spiro atoms. The normalized spacial score (nSPS) is 36.2. The minimum Gasteiger partial charge on any atom is -0.506 e. The van der Waals surface area contributed by atoms with Gasteiger partial charge in [0.1, 0.15) is 5.75 Å². The molecule has 2 bridgehead atoms. The van der Waals surface area contributed by atoms with Crippen molar-refractivity contribution < 1.29 is 10.2 Å². The Kier molecular flexibility index (Phi) is 3.34. The average molecular weight is 390 g/mol. The third kappa shape index (κ3) is 1.82. The van der Waals surface area contributed by atoms with Crippen LogP contribution in [-0.4, -0.2) is 22.4 Å². The van der Waals surface area contributed by atoms with Gasteiger partial charge in [-0.05, 0) is 99.6 Å². The number of phenols is 1. The number of nitrogens with zero attached hydrogens (tertiary/aromatic N) is 3. The number of hydrogen-bond acceptors (Lipinski definition) is 3. The molecule has 0 aromatic heterocycles. The number of rotatable bonds is 2. The quantitative estimate of drug-likeness (QED) is 0.328. The Labute approximate surface area is 149 Å². The van der Waals surface area contributed by atoms with E-state index in [4.69, 9.17) is 5.53 Å². The second kappa shape index (κ2) is 5.01. The lowest BCUT2D eigenvalue weighted by molar-refractivity contribution is 0.00709. The topological polar surface area (TPSA) is 89.2 Å². The number of azide groups is 1. The first-order valence-electron chi connectivity index (χ1n) is 8.27. The molecule has 5 nitrogen and oxygen atoms in total. The smallest absolute Gasteiger partial charge is 0.132 e. The monoisotopic (exact) mass is 389 g/mol. The van der Waals surface area contributed by atoms with Crippen LogP contribution in [0.4, 0.5) is 0 Å². The molecule has 3 aliphatic carbocycles. The number of aliphatic hydroxyl groups is 1. The molecular formula is C18H20BrN3O2. The SMILES string of the molecule is C=C1C[C@]23C[C@@]1(O)CC[C@H]2c1cc(Br)c(O)c(C)c1[C@@H]3CN=[N+]=[N-]. The number of phenolic OH excluding ortho intramolecular Hbond substituents is 1. The van der Waals surface area contributed by atoms with Crippen LogP contribution in [0.3, 0.4) is 0 Å². The summed E-state index contributed by atoms with van der Waals surface area (Å²) in [4.78, 5) is 2.96. The van der Waals surface area contributed by atoms with E-state index in [1.807, 2.05) is 13.0 Å². The lowest BCUT2D eigenvalue weighted by Gasteiger charge is -2.42. The van der Waals surface area contributed by atoms with Crippen molar-refractivity contribution in [2.24, 2.45) is 10.5 Å². The van der Waals surface area contributed by atoms with Gasteiger partial charge in [0.05, 0.1) is 10.1 Å². The van der Waals surface area contributed by atoms with E-state index in [0.717, 1.165) is 36.0 Å². The largest absolute Gasteiger partial charge is 0.506 e. The van der Waals surface area contributed by atoms with Gasteiger partial charge in [-0.15, -0.1) is 0 Å². The van der Waals surface area contributed by atoms with Crippen molar-refractivity contribution in [3.8, 4) is 5.75 Å². The maximum atomic E-state index is 11.0. The molecule has 4 rings (SSSR count). The summed E-state index contributed by atoms with van der Waals surface area (Å²) in [6.45, 7) is 6.42. The molecule has 2 saturated carbocycles. The Morgan fingerprint density at radius 2 is 2.29 bits per heavy atom. The fourth-order valence-corrected chi connectivity index (χ4v) is 6.21. The van der Waals surface area contributed by atoms with Gasteiger partial charge in [0.2, 0.25) is 0 Å². The van der Waals surface area contributed by atoms with E-state index in [9.17, 15) is 10.2 Å². The lowest BCUT2D eigenvalue weighted by atomic mass is 9.63. The third-order valence-corrected chi connectivity index (χ3v) is 7.29. The average Bonchev–Trinajstić information content (AvgIpc) is 2.90. The molecule has 0 heterocycles. The second-order valence-electron chi connectivity index (χ2n) is 7.61. The highest BCUT2D eigenvalue weighted by Crippen LogP contribution is 2.72. The summed E-state index contributed by atoms with van der Waals surface area (Å²) in [7, 11) is 0. The van der Waals surface area contributed by atoms with Crippen molar-refractivity contribution in [2.45, 2.75) is 50.0 Å². The van der Waals surface area contributed by atoms with Gasteiger partial charge in [-0.25, -0.2) is 0 Å². The zero-order chi connectivity index (χ0) is 17.3. The van der Waals surface area contributed by atoms with Crippen LogP contribution in [0.15, 0.2) is 27.8 Å². The minimum absolute atomic E-state index is 0.0125. The molecule has 4 atom stereocenters.